The lowest BCUT2D eigenvalue weighted by Crippen LogP contribution is -2.25. The second-order valence-corrected chi connectivity index (χ2v) is 4.02. The second kappa shape index (κ2) is 6.02. The molecule has 0 unspecified atom stereocenters. The monoisotopic (exact) mass is 246 g/mol. The lowest BCUT2D eigenvalue weighted by Gasteiger charge is -2.17. The lowest BCUT2D eigenvalue weighted by atomic mass is 10.4. The third-order valence-electron chi connectivity index (χ3n) is 2.63. The van der Waals surface area contributed by atoms with Gasteiger partial charge in [0.2, 0.25) is 0 Å². The molecule has 0 aromatic carbocycles. The average Bonchev–Trinajstić information content (AvgIpc) is 2.90. The molecule has 0 saturated heterocycles. The SMILES string of the molecule is CN(CCN)c1cc(NCc2ccc[nH]2)ncn1. The number of nitrogens with two attached hydrogens (primary N) is 1. The molecule has 2 rings (SSSR count). The minimum absolute atomic E-state index is 0.603. The predicted octanol–water partition coefficient (Wildman–Crippen LogP) is 0.812. The van der Waals surface area contributed by atoms with E-state index in [1.165, 1.54) is 0 Å². The Hall–Kier alpha value is -2.08. The molecule has 0 atom stereocenters. The van der Waals surface area contributed by atoms with Crippen molar-refractivity contribution in [1.29, 1.82) is 0 Å². The molecule has 6 nitrogen and oxygen atoms in total. The van der Waals surface area contributed by atoms with Gasteiger partial charge in [-0.3, -0.25) is 0 Å². The fourth-order valence-electron chi connectivity index (χ4n) is 1.62. The van der Waals surface area contributed by atoms with Gasteiger partial charge in [0.1, 0.15) is 18.0 Å². The number of aromatic amines is 1. The van der Waals surface area contributed by atoms with Crippen molar-refractivity contribution in [1.82, 2.24) is 15.0 Å². The summed E-state index contributed by atoms with van der Waals surface area (Å²) < 4.78 is 0. The number of nitrogens with one attached hydrogen (secondary N) is 2. The Balaban J connectivity index is 1.98. The Bertz CT molecular complexity index is 467. The van der Waals surface area contributed by atoms with Crippen molar-refractivity contribution in [2.75, 3.05) is 30.4 Å². The maximum Gasteiger partial charge on any atom is 0.133 e. The summed E-state index contributed by atoms with van der Waals surface area (Å²) in [4.78, 5) is 13.5. The summed E-state index contributed by atoms with van der Waals surface area (Å²) in [7, 11) is 1.96. The number of hydrogen-bond acceptors (Lipinski definition) is 5. The minimum atomic E-state index is 0.603. The fourth-order valence-corrected chi connectivity index (χ4v) is 1.62. The van der Waals surface area contributed by atoms with E-state index in [0.717, 1.165) is 23.9 Å². The first-order chi connectivity index (χ1) is 8.79. The van der Waals surface area contributed by atoms with Crippen LogP contribution in [0.3, 0.4) is 0 Å². The highest BCUT2D eigenvalue weighted by atomic mass is 15.2. The van der Waals surface area contributed by atoms with E-state index in [2.05, 4.69) is 20.3 Å². The normalized spacial score (nSPS) is 10.3. The van der Waals surface area contributed by atoms with Crippen LogP contribution in [0.5, 0.6) is 0 Å². The van der Waals surface area contributed by atoms with Gasteiger partial charge in [0.25, 0.3) is 0 Å². The van der Waals surface area contributed by atoms with Crippen LogP contribution >= 0.6 is 0 Å². The highest BCUT2D eigenvalue weighted by Gasteiger charge is 2.03. The smallest absolute Gasteiger partial charge is 0.133 e. The Morgan fingerprint density at radius 3 is 3.06 bits per heavy atom. The maximum atomic E-state index is 5.52. The van der Waals surface area contributed by atoms with Gasteiger partial charge in [-0.2, -0.15) is 0 Å². The summed E-state index contributed by atoms with van der Waals surface area (Å²) in [5, 5.41) is 3.24. The van der Waals surface area contributed by atoms with Crippen molar-refractivity contribution in [3.8, 4) is 0 Å². The molecule has 0 amide bonds. The molecule has 0 aliphatic carbocycles. The topological polar surface area (TPSA) is 82.9 Å². The predicted molar refractivity (Wildman–Crippen MR) is 72.5 cm³/mol. The zero-order valence-electron chi connectivity index (χ0n) is 10.4. The summed E-state index contributed by atoms with van der Waals surface area (Å²) >= 11 is 0. The Kier molecular flexibility index (Phi) is 4.14. The van der Waals surface area contributed by atoms with E-state index in [9.17, 15) is 0 Å². The number of aromatic nitrogens is 3. The van der Waals surface area contributed by atoms with Crippen molar-refractivity contribution in [2.24, 2.45) is 5.73 Å². The number of likely N-dealkylation sites (N-methyl/N-ethyl adjacent to an activating group) is 1. The van der Waals surface area contributed by atoms with Crippen LogP contribution in [0.4, 0.5) is 11.6 Å². The number of anilines is 2. The molecule has 0 fully saturated rings. The molecule has 2 heterocycles. The highest BCUT2D eigenvalue weighted by Crippen LogP contribution is 2.12. The van der Waals surface area contributed by atoms with Crippen molar-refractivity contribution in [2.45, 2.75) is 6.54 Å². The van der Waals surface area contributed by atoms with Crippen LogP contribution in [0.25, 0.3) is 0 Å². The Morgan fingerprint density at radius 1 is 1.44 bits per heavy atom. The van der Waals surface area contributed by atoms with Gasteiger partial charge in [-0.15, -0.1) is 0 Å². The molecule has 0 spiro atoms. The van der Waals surface area contributed by atoms with Crippen LogP contribution in [0, 0.1) is 0 Å². The summed E-state index contributed by atoms with van der Waals surface area (Å²) in [6, 6.07) is 5.91. The van der Waals surface area contributed by atoms with Gasteiger partial charge in [-0.1, -0.05) is 0 Å². The van der Waals surface area contributed by atoms with Crippen LogP contribution < -0.4 is 16.0 Å². The summed E-state index contributed by atoms with van der Waals surface area (Å²) in [5.41, 5.74) is 6.64. The molecule has 6 heteroatoms. The molecule has 2 aromatic rings. The number of nitrogens with zero attached hydrogens (tertiary/aromatic N) is 3. The van der Waals surface area contributed by atoms with Crippen LogP contribution in [0.15, 0.2) is 30.7 Å². The van der Waals surface area contributed by atoms with E-state index in [-0.39, 0.29) is 0 Å². The first-order valence-electron chi connectivity index (χ1n) is 5.89. The summed E-state index contributed by atoms with van der Waals surface area (Å²) in [5.74, 6) is 1.67. The standard InChI is InChI=1S/C12H18N6/c1-18(6-4-13)12-7-11(16-9-17-12)15-8-10-3-2-5-14-10/h2-3,5,7,9,14H,4,6,8,13H2,1H3,(H,15,16,17). The van der Waals surface area contributed by atoms with E-state index in [1.54, 1.807) is 6.33 Å². The largest absolute Gasteiger partial charge is 0.364 e. The third-order valence-corrected chi connectivity index (χ3v) is 2.63. The first-order valence-corrected chi connectivity index (χ1v) is 5.89. The van der Waals surface area contributed by atoms with Gasteiger partial charge in [0.05, 0.1) is 6.54 Å². The third kappa shape index (κ3) is 3.21. The highest BCUT2D eigenvalue weighted by molar-refractivity contribution is 5.48. The number of rotatable bonds is 6. The van der Waals surface area contributed by atoms with Crippen LogP contribution in [-0.4, -0.2) is 35.1 Å². The molecular weight excluding hydrogens is 228 g/mol. The molecule has 0 bridgehead atoms. The molecular formula is C12H18N6. The van der Waals surface area contributed by atoms with Crippen molar-refractivity contribution in [3.63, 3.8) is 0 Å². The number of H-pyrrole nitrogens is 1. The first kappa shape index (κ1) is 12.4. The van der Waals surface area contributed by atoms with Gasteiger partial charge in [-0.05, 0) is 12.1 Å². The Labute approximate surface area is 106 Å². The Morgan fingerprint density at radius 2 is 2.33 bits per heavy atom. The quantitative estimate of drug-likeness (QED) is 0.702. The second-order valence-electron chi connectivity index (χ2n) is 4.02. The van der Waals surface area contributed by atoms with E-state index < -0.39 is 0 Å². The average molecular weight is 246 g/mol. The lowest BCUT2D eigenvalue weighted by molar-refractivity contribution is 0.863. The molecule has 0 aliphatic rings. The summed E-state index contributed by atoms with van der Waals surface area (Å²) in [6.45, 7) is 2.09. The molecule has 0 radical (unpaired) electrons. The zero-order chi connectivity index (χ0) is 12.8. The van der Waals surface area contributed by atoms with Crippen molar-refractivity contribution in [3.05, 3.63) is 36.4 Å². The van der Waals surface area contributed by atoms with Crippen LogP contribution in [-0.2, 0) is 6.54 Å². The number of hydrogen-bond donors (Lipinski definition) is 3. The van der Waals surface area contributed by atoms with Crippen molar-refractivity contribution < 1.29 is 0 Å². The van der Waals surface area contributed by atoms with Crippen LogP contribution in [0.2, 0.25) is 0 Å². The van der Waals surface area contributed by atoms with Gasteiger partial charge in [-0.25, -0.2) is 9.97 Å². The molecule has 4 N–H and O–H groups in total. The van der Waals surface area contributed by atoms with Crippen LogP contribution in [0.1, 0.15) is 5.69 Å². The molecule has 18 heavy (non-hydrogen) atoms. The fraction of sp³-hybridized carbons (Fsp3) is 0.333. The van der Waals surface area contributed by atoms with Gasteiger partial charge in [0, 0.05) is 38.1 Å². The van der Waals surface area contributed by atoms with E-state index in [4.69, 9.17) is 5.73 Å². The minimum Gasteiger partial charge on any atom is -0.364 e. The van der Waals surface area contributed by atoms with Gasteiger partial charge < -0.3 is 20.9 Å². The molecule has 2 aromatic heterocycles. The molecule has 96 valence electrons. The van der Waals surface area contributed by atoms with Crippen molar-refractivity contribution >= 4 is 11.6 Å². The maximum absolute atomic E-state index is 5.52. The molecule has 0 saturated carbocycles. The zero-order valence-corrected chi connectivity index (χ0v) is 10.4. The van der Waals surface area contributed by atoms with E-state index in [1.807, 2.05) is 36.3 Å². The van der Waals surface area contributed by atoms with Gasteiger partial charge >= 0.3 is 0 Å². The molecule has 0 aliphatic heterocycles. The summed E-state index contributed by atoms with van der Waals surface area (Å²) in [6.07, 6.45) is 3.46. The van der Waals surface area contributed by atoms with E-state index in [0.29, 0.717) is 13.1 Å². The van der Waals surface area contributed by atoms with Gasteiger partial charge in [0.15, 0.2) is 0 Å². The van der Waals surface area contributed by atoms with E-state index >= 15 is 0 Å².